The van der Waals surface area contributed by atoms with E-state index in [1.54, 1.807) is 12.1 Å². The summed E-state index contributed by atoms with van der Waals surface area (Å²) in [6.45, 7) is 1.95. The second-order valence-corrected chi connectivity index (χ2v) is 8.02. The van der Waals surface area contributed by atoms with Crippen LogP contribution in [0, 0.1) is 5.92 Å². The van der Waals surface area contributed by atoms with E-state index < -0.39 is 10.0 Å². The van der Waals surface area contributed by atoms with Crippen LogP contribution in [0.5, 0.6) is 0 Å². The fraction of sp³-hybridized carbons (Fsp3) is 0.615. The number of hydrogen-bond donors (Lipinski definition) is 0. The Morgan fingerprint density at radius 3 is 2.45 bits per heavy atom. The van der Waals surface area contributed by atoms with E-state index in [-0.39, 0.29) is 4.90 Å². The van der Waals surface area contributed by atoms with E-state index in [0.717, 1.165) is 43.0 Å². The Morgan fingerprint density at radius 2 is 2.00 bits per heavy atom. The first-order valence-electron chi connectivity index (χ1n) is 6.64. The molecule has 0 spiro atoms. The molecule has 1 aliphatic heterocycles. The maximum atomic E-state index is 12.0. The predicted octanol–water partition coefficient (Wildman–Crippen LogP) is 1.94. The molecule has 0 aliphatic carbocycles. The van der Waals surface area contributed by atoms with Crippen molar-refractivity contribution in [3.8, 4) is 0 Å². The minimum absolute atomic E-state index is 0.238. The average molecular weight is 362 g/mol. The van der Waals surface area contributed by atoms with Crippen LogP contribution >= 0.6 is 15.9 Å². The lowest BCUT2D eigenvalue weighted by atomic mass is 9.99. The Labute approximate surface area is 129 Å². The molecule has 5 nitrogen and oxygen atoms in total. The van der Waals surface area contributed by atoms with Crippen molar-refractivity contribution in [1.82, 2.24) is 9.29 Å². The van der Waals surface area contributed by atoms with Crippen molar-refractivity contribution in [3.63, 3.8) is 0 Å². The van der Waals surface area contributed by atoms with Crippen LogP contribution in [-0.2, 0) is 10.0 Å². The molecule has 0 aromatic carbocycles. The van der Waals surface area contributed by atoms with Crippen molar-refractivity contribution < 1.29 is 8.42 Å². The molecule has 0 amide bonds. The molecule has 1 fully saturated rings. The summed E-state index contributed by atoms with van der Waals surface area (Å²) in [6.07, 6.45) is 3.73. The maximum absolute atomic E-state index is 12.0. The third-order valence-electron chi connectivity index (χ3n) is 3.66. The van der Waals surface area contributed by atoms with Crippen molar-refractivity contribution in [2.75, 3.05) is 37.4 Å². The third-order valence-corrected chi connectivity index (χ3v) is 6.37. The number of pyridine rings is 1. The molecule has 1 saturated heterocycles. The van der Waals surface area contributed by atoms with Gasteiger partial charge in [-0.15, -0.1) is 0 Å². The summed E-state index contributed by atoms with van der Waals surface area (Å²) >= 11 is 3.53. The van der Waals surface area contributed by atoms with E-state index in [1.807, 2.05) is 0 Å². The van der Waals surface area contributed by atoms with Crippen LogP contribution in [-0.4, -0.2) is 50.2 Å². The minimum atomic E-state index is -3.39. The Morgan fingerprint density at radius 1 is 1.35 bits per heavy atom. The number of halogens is 1. The van der Waals surface area contributed by atoms with Gasteiger partial charge in [0.05, 0.1) is 0 Å². The molecule has 0 unspecified atom stereocenters. The molecule has 0 N–H and O–H groups in total. The van der Waals surface area contributed by atoms with Crippen LogP contribution in [0.25, 0.3) is 0 Å². The first-order valence-corrected chi connectivity index (χ1v) is 9.21. The monoisotopic (exact) mass is 361 g/mol. The van der Waals surface area contributed by atoms with E-state index >= 15 is 0 Å². The topological polar surface area (TPSA) is 53.5 Å². The summed E-state index contributed by atoms with van der Waals surface area (Å²) in [5.41, 5.74) is 0. The number of aromatic nitrogens is 1. The highest BCUT2D eigenvalue weighted by Crippen LogP contribution is 2.24. The van der Waals surface area contributed by atoms with Gasteiger partial charge < -0.3 is 4.90 Å². The van der Waals surface area contributed by atoms with Gasteiger partial charge in [-0.1, -0.05) is 15.9 Å². The Bertz CT molecular complexity index is 537. The first-order chi connectivity index (χ1) is 9.45. The zero-order chi connectivity index (χ0) is 14.8. The number of alkyl halides is 1. The van der Waals surface area contributed by atoms with E-state index in [0.29, 0.717) is 0 Å². The summed E-state index contributed by atoms with van der Waals surface area (Å²) in [4.78, 5) is 6.76. The highest BCUT2D eigenvalue weighted by atomic mass is 79.9. The molecule has 2 heterocycles. The SMILES string of the molecule is CN(C)S(=O)(=O)c1ccc(N2CCC(CBr)CC2)nc1. The van der Waals surface area contributed by atoms with Crippen molar-refractivity contribution in [1.29, 1.82) is 0 Å². The second kappa shape index (κ2) is 6.41. The quantitative estimate of drug-likeness (QED) is 0.769. The molecule has 0 bridgehead atoms. The van der Waals surface area contributed by atoms with Gasteiger partial charge in [-0.05, 0) is 30.9 Å². The first kappa shape index (κ1) is 15.7. The normalized spacial score (nSPS) is 17.7. The van der Waals surface area contributed by atoms with Gasteiger partial charge in [-0.25, -0.2) is 17.7 Å². The lowest BCUT2D eigenvalue weighted by Crippen LogP contribution is -2.34. The Kier molecular flexibility index (Phi) is 5.04. The molecule has 1 aromatic heterocycles. The molecule has 7 heteroatoms. The van der Waals surface area contributed by atoms with Gasteiger partial charge in [0, 0.05) is 38.7 Å². The Hall–Kier alpha value is -0.660. The predicted molar refractivity (Wildman–Crippen MR) is 83.8 cm³/mol. The van der Waals surface area contributed by atoms with Crippen molar-refractivity contribution in [2.24, 2.45) is 5.92 Å². The van der Waals surface area contributed by atoms with Gasteiger partial charge in [0.25, 0.3) is 0 Å². The summed E-state index contributed by atoms with van der Waals surface area (Å²) < 4.78 is 25.1. The van der Waals surface area contributed by atoms with Crippen molar-refractivity contribution >= 4 is 31.8 Å². The van der Waals surface area contributed by atoms with Crippen LogP contribution in [0.15, 0.2) is 23.2 Å². The van der Waals surface area contributed by atoms with Gasteiger partial charge in [-0.2, -0.15) is 0 Å². The number of nitrogens with zero attached hydrogens (tertiary/aromatic N) is 3. The van der Waals surface area contributed by atoms with E-state index in [9.17, 15) is 8.42 Å². The smallest absolute Gasteiger partial charge is 0.244 e. The molecule has 2 rings (SSSR count). The third kappa shape index (κ3) is 3.32. The average Bonchev–Trinajstić information content (AvgIpc) is 2.47. The number of piperidine rings is 1. The molecule has 0 atom stereocenters. The van der Waals surface area contributed by atoms with Crippen LogP contribution in [0.4, 0.5) is 5.82 Å². The second-order valence-electron chi connectivity index (χ2n) is 5.22. The maximum Gasteiger partial charge on any atom is 0.244 e. The highest BCUT2D eigenvalue weighted by Gasteiger charge is 2.21. The lowest BCUT2D eigenvalue weighted by molar-refractivity contribution is 0.445. The molecule has 1 aliphatic rings. The molecule has 0 saturated carbocycles. The molecule has 1 aromatic rings. The number of hydrogen-bond acceptors (Lipinski definition) is 4. The number of anilines is 1. The summed E-state index contributed by atoms with van der Waals surface area (Å²) in [6, 6.07) is 3.43. The van der Waals surface area contributed by atoms with Gasteiger partial charge >= 0.3 is 0 Å². The fourth-order valence-electron chi connectivity index (χ4n) is 2.24. The molecular weight excluding hydrogens is 342 g/mol. The molecule has 20 heavy (non-hydrogen) atoms. The Balaban J connectivity index is 2.10. The van der Waals surface area contributed by atoms with Gasteiger partial charge in [0.2, 0.25) is 10.0 Å². The molecule has 112 valence electrons. The standard InChI is InChI=1S/C13H20BrN3O2S/c1-16(2)20(18,19)12-3-4-13(15-10-12)17-7-5-11(9-14)6-8-17/h3-4,10-11H,5-9H2,1-2H3. The number of rotatable bonds is 4. The molecular formula is C13H20BrN3O2S. The zero-order valence-corrected chi connectivity index (χ0v) is 14.2. The lowest BCUT2D eigenvalue weighted by Gasteiger charge is -2.32. The van der Waals surface area contributed by atoms with Crippen LogP contribution in [0.1, 0.15) is 12.8 Å². The molecule has 0 radical (unpaired) electrons. The largest absolute Gasteiger partial charge is 0.357 e. The van der Waals surface area contributed by atoms with Gasteiger partial charge in [-0.3, -0.25) is 0 Å². The fourth-order valence-corrected chi connectivity index (χ4v) is 3.73. The van der Waals surface area contributed by atoms with Crippen LogP contribution < -0.4 is 4.90 Å². The van der Waals surface area contributed by atoms with Crippen molar-refractivity contribution in [2.45, 2.75) is 17.7 Å². The number of sulfonamides is 1. The zero-order valence-electron chi connectivity index (χ0n) is 11.8. The van der Waals surface area contributed by atoms with E-state index in [1.165, 1.54) is 24.6 Å². The van der Waals surface area contributed by atoms with E-state index in [4.69, 9.17) is 0 Å². The summed E-state index contributed by atoms with van der Waals surface area (Å²) in [5, 5.41) is 1.05. The van der Waals surface area contributed by atoms with E-state index in [2.05, 4.69) is 25.8 Å². The van der Waals surface area contributed by atoms with Gasteiger partial charge in [0.15, 0.2) is 0 Å². The summed E-state index contributed by atoms with van der Waals surface area (Å²) in [5.74, 6) is 1.59. The highest BCUT2D eigenvalue weighted by molar-refractivity contribution is 9.09. The van der Waals surface area contributed by atoms with Crippen LogP contribution in [0.3, 0.4) is 0 Å². The van der Waals surface area contributed by atoms with Gasteiger partial charge in [0.1, 0.15) is 10.7 Å². The summed E-state index contributed by atoms with van der Waals surface area (Å²) in [7, 11) is -0.347. The van der Waals surface area contributed by atoms with Crippen molar-refractivity contribution in [3.05, 3.63) is 18.3 Å². The van der Waals surface area contributed by atoms with Crippen LogP contribution in [0.2, 0.25) is 0 Å². The minimum Gasteiger partial charge on any atom is -0.357 e.